The predicted octanol–water partition coefficient (Wildman–Crippen LogP) is 1.38. The second-order valence-corrected chi connectivity index (χ2v) is 10.7. The highest BCUT2D eigenvalue weighted by molar-refractivity contribution is 7.86. The van der Waals surface area contributed by atoms with Crippen molar-refractivity contribution in [1.82, 2.24) is 0 Å². The minimum atomic E-state index is -4.64. The van der Waals surface area contributed by atoms with Gasteiger partial charge in [0.25, 0.3) is 20.2 Å². The zero-order valence-electron chi connectivity index (χ0n) is 19.6. The zero-order valence-corrected chi connectivity index (χ0v) is 21.3. The summed E-state index contributed by atoms with van der Waals surface area (Å²) in [5, 5.41) is 9.87. The van der Waals surface area contributed by atoms with Crippen LogP contribution in [-0.4, -0.2) is 25.9 Å². The van der Waals surface area contributed by atoms with Crippen molar-refractivity contribution in [2.24, 2.45) is 10.2 Å². The van der Waals surface area contributed by atoms with Crippen LogP contribution in [0.25, 0.3) is 0 Å². The van der Waals surface area contributed by atoms with Gasteiger partial charge >= 0.3 is 0 Å². The van der Waals surface area contributed by atoms with E-state index < -0.39 is 41.3 Å². The summed E-state index contributed by atoms with van der Waals surface area (Å²) in [5.74, 6) is 0. The minimum absolute atomic E-state index is 0.103. The Bertz CT molecular complexity index is 1970. The van der Waals surface area contributed by atoms with E-state index in [-0.39, 0.29) is 27.3 Å². The van der Waals surface area contributed by atoms with E-state index in [4.69, 9.17) is 4.55 Å². The summed E-state index contributed by atoms with van der Waals surface area (Å²) < 4.78 is 65.0. The molecule has 0 radical (unpaired) electrons. The molecule has 0 bridgehead atoms. The number of para-hydroxylation sites is 1. The van der Waals surface area contributed by atoms with Gasteiger partial charge in [0.2, 0.25) is 10.9 Å². The second kappa shape index (κ2) is 11.0. The molecule has 4 aromatic rings. The fourth-order valence-electron chi connectivity index (χ4n) is 3.27. The molecule has 0 saturated carbocycles. The van der Waals surface area contributed by atoms with Crippen molar-refractivity contribution < 1.29 is 25.9 Å². The van der Waals surface area contributed by atoms with Gasteiger partial charge in [0.1, 0.15) is 10.3 Å². The quantitative estimate of drug-likeness (QED) is 0.151. The first-order chi connectivity index (χ1) is 18.4. The van der Waals surface area contributed by atoms with Crippen molar-refractivity contribution in [2.45, 2.75) is 9.79 Å². The lowest BCUT2D eigenvalue weighted by molar-refractivity contribution is 0.481. The number of hydrogen-bond acceptors (Lipinski definition) is 11. The van der Waals surface area contributed by atoms with Crippen molar-refractivity contribution in [3.05, 3.63) is 116 Å². The summed E-state index contributed by atoms with van der Waals surface area (Å²) in [5.41, 5.74) is 4.44. The first-order valence-corrected chi connectivity index (χ1v) is 13.8. The number of rotatable bonds is 8. The molecule has 4 aromatic carbocycles. The van der Waals surface area contributed by atoms with Gasteiger partial charge in [-0.1, -0.05) is 18.2 Å². The summed E-state index contributed by atoms with van der Waals surface area (Å²) in [6, 6.07) is 19.6. The molecule has 0 spiro atoms. The summed E-state index contributed by atoms with van der Waals surface area (Å²) in [4.78, 5) is 24.2. The van der Waals surface area contributed by atoms with Crippen LogP contribution in [0.15, 0.2) is 115 Å². The fraction of sp³-hybridized carbons (Fsp3) is 0. The van der Waals surface area contributed by atoms with Gasteiger partial charge in [-0.15, -0.1) is 0 Å². The number of anilines is 4. The topological polar surface area (TPSA) is 204 Å². The van der Waals surface area contributed by atoms with Gasteiger partial charge in [-0.05, 0) is 66.7 Å². The van der Waals surface area contributed by atoms with Crippen molar-refractivity contribution in [3.63, 3.8) is 0 Å². The average molecular weight is 570 g/mol. The number of benzene rings is 4. The van der Waals surface area contributed by atoms with Crippen molar-refractivity contribution in [2.75, 3.05) is 16.2 Å². The molecule has 5 N–H and O–H groups in total. The Morgan fingerprint density at radius 3 is 1.92 bits per heavy atom. The maximum atomic E-state index is 12.8. The van der Waals surface area contributed by atoms with E-state index in [1.54, 1.807) is 30.3 Å². The minimum Gasteiger partial charge on any atom is -0.354 e. The number of hydrogen-bond donors (Lipinski definition) is 5. The van der Waals surface area contributed by atoms with E-state index in [1.165, 1.54) is 24.3 Å². The zero-order chi connectivity index (χ0) is 28.2. The molecular weight excluding hydrogens is 550 g/mol. The molecule has 0 aliphatic carbocycles. The molecule has 200 valence electrons. The molecule has 15 heteroatoms. The highest BCUT2D eigenvalue weighted by Gasteiger charge is 2.17. The molecule has 13 nitrogen and oxygen atoms in total. The molecule has 0 aromatic heterocycles. The molecule has 0 unspecified atom stereocenters. The predicted molar refractivity (Wildman–Crippen MR) is 142 cm³/mol. The molecule has 0 fully saturated rings. The monoisotopic (exact) mass is 569 g/mol. The summed E-state index contributed by atoms with van der Waals surface area (Å²) in [6.45, 7) is 0. The van der Waals surface area contributed by atoms with E-state index in [1.807, 2.05) is 0 Å². The maximum absolute atomic E-state index is 12.8. The number of nitrogens with one attached hydrogen (secondary N) is 3. The fourth-order valence-corrected chi connectivity index (χ4v) is 4.42. The Balaban J connectivity index is 1.63. The molecule has 0 heterocycles. The lowest BCUT2D eigenvalue weighted by Gasteiger charge is -2.12. The van der Waals surface area contributed by atoms with Gasteiger partial charge in [-0.25, -0.2) is 0 Å². The van der Waals surface area contributed by atoms with E-state index in [0.29, 0.717) is 5.69 Å². The van der Waals surface area contributed by atoms with Crippen LogP contribution in [0, 0.1) is 0 Å². The van der Waals surface area contributed by atoms with E-state index >= 15 is 0 Å². The van der Waals surface area contributed by atoms with Crippen LogP contribution in [-0.2, 0) is 20.2 Å². The third-order valence-corrected chi connectivity index (χ3v) is 6.90. The molecule has 0 atom stereocenters. The Hall–Kier alpha value is -4.70. The van der Waals surface area contributed by atoms with Gasteiger partial charge in [-0.3, -0.25) is 29.5 Å². The molecule has 0 aliphatic heterocycles. The number of nitrogens with zero attached hydrogens (tertiary/aromatic N) is 2. The lowest BCUT2D eigenvalue weighted by Crippen LogP contribution is -2.47. The van der Waals surface area contributed by atoms with Gasteiger partial charge in [0, 0.05) is 5.69 Å². The lowest BCUT2D eigenvalue weighted by atomic mass is 10.2. The third-order valence-electron chi connectivity index (χ3n) is 5.14. The standard InChI is InChI=1S/C24H19N5O8S2/c30-21-13-12-20(24(31)23(21)29-26-16-6-9-18(10-7-16)38(32,33)34)28-27-17-8-11-19(22(14-17)39(35,36)37)25-15-4-2-1-3-5-15/h1-14,25-27H,(H,32,33,34)(H,35,36,37)/b28-20-,29-23+. The highest BCUT2D eigenvalue weighted by Crippen LogP contribution is 2.28. The third kappa shape index (κ3) is 6.79. The van der Waals surface area contributed by atoms with Gasteiger partial charge in [0.15, 0.2) is 5.36 Å². The Labute approximate surface area is 221 Å². The van der Waals surface area contributed by atoms with E-state index in [0.717, 1.165) is 30.3 Å². The highest BCUT2D eigenvalue weighted by atomic mass is 32.2. The molecule has 4 rings (SSSR count). The summed E-state index contributed by atoms with van der Waals surface area (Å²) >= 11 is 0. The van der Waals surface area contributed by atoms with Gasteiger partial charge < -0.3 is 5.32 Å². The van der Waals surface area contributed by atoms with Crippen molar-refractivity contribution in [1.29, 1.82) is 0 Å². The SMILES string of the molecule is O=c1cc/c(=N/Nc2ccc(Nc3ccccc3)c(S(=O)(=O)O)c2)c(=O)/c1=N/Nc1ccc(S(=O)(=O)O)cc1. The Morgan fingerprint density at radius 2 is 1.28 bits per heavy atom. The van der Waals surface area contributed by atoms with Crippen LogP contribution in [0.2, 0.25) is 0 Å². The molecule has 0 saturated heterocycles. The first-order valence-electron chi connectivity index (χ1n) is 10.9. The van der Waals surface area contributed by atoms with E-state index in [9.17, 15) is 31.0 Å². The summed E-state index contributed by atoms with van der Waals surface area (Å²) in [7, 11) is -9.03. The van der Waals surface area contributed by atoms with Crippen LogP contribution in [0.4, 0.5) is 22.7 Å². The largest absolute Gasteiger partial charge is 0.354 e. The van der Waals surface area contributed by atoms with Gasteiger partial charge in [0.05, 0.1) is 22.0 Å². The van der Waals surface area contributed by atoms with Crippen LogP contribution in [0.1, 0.15) is 0 Å². The second-order valence-electron chi connectivity index (χ2n) is 7.88. The van der Waals surface area contributed by atoms with Gasteiger partial charge in [-0.2, -0.15) is 27.0 Å². The molecule has 0 aliphatic rings. The van der Waals surface area contributed by atoms with Crippen LogP contribution in [0.3, 0.4) is 0 Å². The normalized spacial score (nSPS) is 12.8. The Kier molecular flexibility index (Phi) is 7.68. The molecule has 0 amide bonds. The summed E-state index contributed by atoms with van der Waals surface area (Å²) in [6.07, 6.45) is 0. The Morgan fingerprint density at radius 1 is 0.641 bits per heavy atom. The van der Waals surface area contributed by atoms with Crippen LogP contribution >= 0.6 is 0 Å². The van der Waals surface area contributed by atoms with Crippen LogP contribution in [0.5, 0.6) is 0 Å². The van der Waals surface area contributed by atoms with Crippen molar-refractivity contribution >= 4 is 43.0 Å². The first kappa shape index (κ1) is 27.3. The maximum Gasteiger partial charge on any atom is 0.296 e. The smallest absolute Gasteiger partial charge is 0.296 e. The van der Waals surface area contributed by atoms with Crippen LogP contribution < -0.4 is 37.7 Å². The molecule has 39 heavy (non-hydrogen) atoms. The average Bonchev–Trinajstić information content (AvgIpc) is 2.88. The van der Waals surface area contributed by atoms with Crippen molar-refractivity contribution in [3.8, 4) is 0 Å². The van der Waals surface area contributed by atoms with E-state index in [2.05, 4.69) is 26.4 Å². The molecular formula is C24H19N5O8S2.